The van der Waals surface area contributed by atoms with Gasteiger partial charge in [-0.05, 0) is 29.4 Å². The number of hydrogen-bond donors (Lipinski definition) is 1. The van der Waals surface area contributed by atoms with Gasteiger partial charge in [0, 0.05) is 12.2 Å². The maximum absolute atomic E-state index is 12.4. The first-order valence-electron chi connectivity index (χ1n) is 8.25. The molecular weight excluding hydrogens is 324 g/mol. The summed E-state index contributed by atoms with van der Waals surface area (Å²) in [6.45, 7) is 10.5. The monoisotopic (exact) mass is 354 g/mol. The molecule has 1 aromatic carbocycles. The third kappa shape index (κ3) is 6.61. The quantitative estimate of drug-likeness (QED) is 0.817. The van der Waals surface area contributed by atoms with E-state index in [2.05, 4.69) is 26.1 Å². The standard InChI is InChI=1S/C18H30N2O3S/c1-14(2)11-12-20(24(6,22)23)13-17(21)19-16-10-8-7-9-15(16)18(3,4)5/h7-10,14H,11-13H2,1-6H3,(H,19,21). The summed E-state index contributed by atoms with van der Waals surface area (Å²) in [6.07, 6.45) is 1.86. The molecule has 0 bridgehead atoms. The molecule has 1 N–H and O–H groups in total. The van der Waals surface area contributed by atoms with Crippen molar-refractivity contribution in [2.75, 3.05) is 24.7 Å². The molecule has 1 amide bonds. The minimum absolute atomic E-state index is 0.113. The highest BCUT2D eigenvalue weighted by Crippen LogP contribution is 2.29. The van der Waals surface area contributed by atoms with Crippen LogP contribution >= 0.6 is 0 Å². The van der Waals surface area contributed by atoms with E-state index in [-0.39, 0.29) is 17.9 Å². The van der Waals surface area contributed by atoms with Crippen LogP contribution in [0.1, 0.15) is 46.6 Å². The van der Waals surface area contributed by atoms with Crippen LogP contribution in [0.25, 0.3) is 0 Å². The van der Waals surface area contributed by atoms with Crippen molar-refractivity contribution >= 4 is 21.6 Å². The highest BCUT2D eigenvalue weighted by molar-refractivity contribution is 7.88. The van der Waals surface area contributed by atoms with Gasteiger partial charge in [-0.3, -0.25) is 4.79 Å². The fraction of sp³-hybridized carbons (Fsp3) is 0.611. The Morgan fingerprint density at radius 3 is 2.29 bits per heavy atom. The van der Waals surface area contributed by atoms with Crippen molar-refractivity contribution in [1.82, 2.24) is 4.31 Å². The first-order chi connectivity index (χ1) is 10.9. The molecule has 1 rings (SSSR count). The van der Waals surface area contributed by atoms with Crippen LogP contribution in [0.15, 0.2) is 24.3 Å². The van der Waals surface area contributed by atoms with Gasteiger partial charge in [0.05, 0.1) is 12.8 Å². The van der Waals surface area contributed by atoms with Crippen LogP contribution in [0.3, 0.4) is 0 Å². The molecule has 0 saturated carbocycles. The summed E-state index contributed by atoms with van der Waals surface area (Å²) in [4.78, 5) is 12.4. The second-order valence-corrected chi connectivity index (χ2v) is 9.61. The Morgan fingerprint density at radius 1 is 1.21 bits per heavy atom. The van der Waals surface area contributed by atoms with Crippen LogP contribution in [0.4, 0.5) is 5.69 Å². The van der Waals surface area contributed by atoms with Crippen molar-refractivity contribution in [3.63, 3.8) is 0 Å². The largest absolute Gasteiger partial charge is 0.325 e. The second-order valence-electron chi connectivity index (χ2n) is 7.62. The summed E-state index contributed by atoms with van der Waals surface area (Å²) in [6, 6.07) is 7.61. The Morgan fingerprint density at radius 2 is 1.79 bits per heavy atom. The Balaban J connectivity index is 2.88. The average molecular weight is 355 g/mol. The summed E-state index contributed by atoms with van der Waals surface area (Å²) in [7, 11) is -3.41. The Labute approximate surface area is 146 Å². The summed E-state index contributed by atoms with van der Waals surface area (Å²) in [5.41, 5.74) is 1.64. The molecule has 0 spiro atoms. The van der Waals surface area contributed by atoms with Crippen molar-refractivity contribution < 1.29 is 13.2 Å². The van der Waals surface area contributed by atoms with Crippen molar-refractivity contribution in [3.8, 4) is 0 Å². The summed E-state index contributed by atoms with van der Waals surface area (Å²) >= 11 is 0. The molecule has 0 atom stereocenters. The molecule has 6 heteroatoms. The topological polar surface area (TPSA) is 66.5 Å². The molecule has 0 heterocycles. The molecule has 24 heavy (non-hydrogen) atoms. The van der Waals surface area contributed by atoms with E-state index in [1.165, 1.54) is 4.31 Å². The Kier molecular flexibility index (Phi) is 6.98. The number of sulfonamides is 1. The first-order valence-corrected chi connectivity index (χ1v) is 10.1. The lowest BCUT2D eigenvalue weighted by Crippen LogP contribution is -2.38. The number of amides is 1. The molecule has 0 aliphatic heterocycles. The third-order valence-corrected chi connectivity index (χ3v) is 5.00. The summed E-state index contributed by atoms with van der Waals surface area (Å²) < 4.78 is 25.0. The van der Waals surface area contributed by atoms with Crippen LogP contribution < -0.4 is 5.32 Å². The minimum atomic E-state index is -3.41. The van der Waals surface area contributed by atoms with Gasteiger partial charge in [-0.15, -0.1) is 0 Å². The predicted molar refractivity (Wildman–Crippen MR) is 99.6 cm³/mol. The van der Waals surface area contributed by atoms with Crippen LogP contribution in [-0.2, 0) is 20.2 Å². The molecular formula is C18H30N2O3S. The normalized spacial score (nSPS) is 12.7. The van der Waals surface area contributed by atoms with Gasteiger partial charge in [-0.1, -0.05) is 52.8 Å². The zero-order valence-electron chi connectivity index (χ0n) is 15.6. The summed E-state index contributed by atoms with van der Waals surface area (Å²) in [5, 5.41) is 2.86. The fourth-order valence-electron chi connectivity index (χ4n) is 2.36. The SMILES string of the molecule is CC(C)CCN(CC(=O)Nc1ccccc1C(C)(C)C)S(C)(=O)=O. The van der Waals surface area contributed by atoms with Gasteiger partial charge >= 0.3 is 0 Å². The van der Waals surface area contributed by atoms with E-state index >= 15 is 0 Å². The molecule has 0 aliphatic carbocycles. The van der Waals surface area contributed by atoms with Crippen LogP contribution in [0.2, 0.25) is 0 Å². The zero-order chi connectivity index (χ0) is 18.5. The van der Waals surface area contributed by atoms with E-state index in [4.69, 9.17) is 0 Å². The number of carbonyl (C=O) groups excluding carboxylic acids is 1. The number of hydrogen-bond acceptors (Lipinski definition) is 3. The van der Waals surface area contributed by atoms with E-state index in [1.54, 1.807) is 0 Å². The fourth-order valence-corrected chi connectivity index (χ4v) is 3.15. The highest BCUT2D eigenvalue weighted by Gasteiger charge is 2.22. The number of benzene rings is 1. The molecule has 0 unspecified atom stereocenters. The third-order valence-electron chi connectivity index (χ3n) is 3.75. The van der Waals surface area contributed by atoms with E-state index in [0.29, 0.717) is 12.5 Å². The Hall–Kier alpha value is -1.40. The number of nitrogens with one attached hydrogen (secondary N) is 1. The van der Waals surface area contributed by atoms with Gasteiger partial charge in [-0.25, -0.2) is 8.42 Å². The maximum atomic E-state index is 12.4. The van der Waals surface area contributed by atoms with Gasteiger partial charge < -0.3 is 5.32 Å². The van der Waals surface area contributed by atoms with Gasteiger partial charge in [-0.2, -0.15) is 4.31 Å². The number of rotatable bonds is 7. The lowest BCUT2D eigenvalue weighted by atomic mass is 9.86. The molecule has 0 saturated heterocycles. The van der Waals surface area contributed by atoms with Crippen molar-refractivity contribution in [2.45, 2.75) is 46.5 Å². The summed E-state index contributed by atoms with van der Waals surface area (Å²) in [5.74, 6) is 0.0554. The predicted octanol–water partition coefficient (Wildman–Crippen LogP) is 3.23. The van der Waals surface area contributed by atoms with Crippen molar-refractivity contribution in [2.24, 2.45) is 5.92 Å². The molecule has 1 aromatic rings. The van der Waals surface area contributed by atoms with Crippen molar-refractivity contribution in [3.05, 3.63) is 29.8 Å². The molecule has 0 fully saturated rings. The van der Waals surface area contributed by atoms with E-state index in [1.807, 2.05) is 38.1 Å². The average Bonchev–Trinajstić information content (AvgIpc) is 2.41. The number of para-hydroxylation sites is 1. The Bertz CT molecular complexity index is 661. The second kappa shape index (κ2) is 8.12. The lowest BCUT2D eigenvalue weighted by Gasteiger charge is -2.24. The van der Waals surface area contributed by atoms with Crippen LogP contribution in [-0.4, -0.2) is 38.0 Å². The number of anilines is 1. The number of carbonyl (C=O) groups is 1. The van der Waals surface area contributed by atoms with Crippen molar-refractivity contribution in [1.29, 1.82) is 0 Å². The molecule has 0 radical (unpaired) electrons. The van der Waals surface area contributed by atoms with Gasteiger partial charge in [0.1, 0.15) is 0 Å². The zero-order valence-corrected chi connectivity index (χ0v) is 16.4. The first kappa shape index (κ1) is 20.6. The van der Waals surface area contributed by atoms with Gasteiger partial charge in [0.15, 0.2) is 0 Å². The van der Waals surface area contributed by atoms with Gasteiger partial charge in [0.25, 0.3) is 0 Å². The number of nitrogens with zero attached hydrogens (tertiary/aromatic N) is 1. The molecule has 136 valence electrons. The van der Waals surface area contributed by atoms with E-state index in [0.717, 1.165) is 23.9 Å². The smallest absolute Gasteiger partial charge is 0.239 e. The van der Waals surface area contributed by atoms with Crippen LogP contribution in [0.5, 0.6) is 0 Å². The van der Waals surface area contributed by atoms with E-state index < -0.39 is 10.0 Å². The maximum Gasteiger partial charge on any atom is 0.239 e. The molecule has 0 aliphatic rings. The minimum Gasteiger partial charge on any atom is -0.325 e. The van der Waals surface area contributed by atoms with Crippen LogP contribution in [0, 0.1) is 5.92 Å². The van der Waals surface area contributed by atoms with E-state index in [9.17, 15) is 13.2 Å². The molecule has 5 nitrogen and oxygen atoms in total. The lowest BCUT2D eigenvalue weighted by molar-refractivity contribution is -0.116. The molecule has 0 aromatic heterocycles. The van der Waals surface area contributed by atoms with Gasteiger partial charge in [0.2, 0.25) is 15.9 Å². The highest BCUT2D eigenvalue weighted by atomic mass is 32.2.